The molecule has 1 aliphatic heterocycles. The largest absolute Gasteiger partial charge is 0.573 e. The van der Waals surface area contributed by atoms with Gasteiger partial charge in [-0.25, -0.2) is 19.2 Å². The van der Waals surface area contributed by atoms with Crippen LogP contribution in [-0.2, 0) is 0 Å². The zero-order valence-electron chi connectivity index (χ0n) is 19.3. The molecule has 8 nitrogen and oxygen atoms in total. The number of urea groups is 1. The molecule has 2 aromatic heterocycles. The first-order valence-corrected chi connectivity index (χ1v) is 11.5. The van der Waals surface area contributed by atoms with E-state index in [1.807, 2.05) is 6.07 Å². The first kappa shape index (κ1) is 24.3. The number of piperidine rings is 1. The van der Waals surface area contributed by atoms with Gasteiger partial charge >= 0.3 is 12.4 Å². The van der Waals surface area contributed by atoms with Gasteiger partial charge in [-0.05, 0) is 73.0 Å². The molecule has 37 heavy (non-hydrogen) atoms. The number of aromatic nitrogens is 3. The fourth-order valence-electron chi connectivity index (χ4n) is 4.29. The van der Waals surface area contributed by atoms with Gasteiger partial charge in [-0.3, -0.25) is 0 Å². The Morgan fingerprint density at radius 3 is 2.41 bits per heavy atom. The number of benzene rings is 2. The summed E-state index contributed by atoms with van der Waals surface area (Å²) in [5, 5.41) is 6.37. The third-order valence-corrected chi connectivity index (χ3v) is 6.04. The fourth-order valence-corrected chi connectivity index (χ4v) is 4.29. The van der Waals surface area contributed by atoms with Gasteiger partial charge in [-0.2, -0.15) is 0 Å². The number of nitrogens with one attached hydrogen (secondary N) is 3. The lowest BCUT2D eigenvalue weighted by atomic mass is 10.0. The molecule has 0 unspecified atom stereocenters. The number of hydrogen-bond donors (Lipinski definition) is 3. The van der Waals surface area contributed by atoms with Crippen LogP contribution in [0.4, 0.5) is 33.9 Å². The van der Waals surface area contributed by atoms with Crippen LogP contribution in [-0.4, -0.2) is 46.5 Å². The van der Waals surface area contributed by atoms with Crippen molar-refractivity contribution in [2.24, 2.45) is 0 Å². The molecule has 192 valence electrons. The SMILES string of the molecule is O=C(Nc1ccc(OC(F)(F)F)cc1)NC1CCN(c2ncnc3[nH]c(-c4ccc(F)cc4)cc23)CC1. The quantitative estimate of drug-likeness (QED) is 0.308. The van der Waals surface area contributed by atoms with E-state index in [1.165, 1.54) is 30.6 Å². The molecular formula is C25H22F4N6O2. The van der Waals surface area contributed by atoms with Gasteiger partial charge in [-0.15, -0.1) is 13.2 Å². The Morgan fingerprint density at radius 2 is 1.73 bits per heavy atom. The van der Waals surface area contributed by atoms with E-state index in [1.54, 1.807) is 12.1 Å². The minimum atomic E-state index is -4.77. The number of anilines is 2. The standard InChI is InChI=1S/C25H22F4N6O2/c26-16-3-1-15(2-4-16)21-13-20-22(34-21)30-14-31-23(20)35-11-9-18(10-12-35)33-24(36)32-17-5-7-19(8-6-17)37-25(27,28)29/h1-8,13-14,18H,9-12H2,(H,30,31,34)(H2,32,33,36). The van der Waals surface area contributed by atoms with Gasteiger partial charge in [-0.1, -0.05) is 0 Å². The minimum Gasteiger partial charge on any atom is -0.406 e. The van der Waals surface area contributed by atoms with E-state index in [9.17, 15) is 22.4 Å². The number of alkyl halides is 3. The van der Waals surface area contributed by atoms with Crippen LogP contribution in [0.3, 0.4) is 0 Å². The van der Waals surface area contributed by atoms with Gasteiger partial charge in [0.15, 0.2) is 0 Å². The average molecular weight is 514 g/mol. The summed E-state index contributed by atoms with van der Waals surface area (Å²) in [4.78, 5) is 26.6. The van der Waals surface area contributed by atoms with Gasteiger partial charge in [0, 0.05) is 30.5 Å². The molecule has 3 N–H and O–H groups in total. The predicted octanol–water partition coefficient (Wildman–Crippen LogP) is 5.45. The van der Waals surface area contributed by atoms with Crippen LogP contribution in [0.15, 0.2) is 60.9 Å². The average Bonchev–Trinajstić information content (AvgIpc) is 3.30. The fraction of sp³-hybridized carbons (Fsp3) is 0.240. The molecule has 0 saturated carbocycles. The van der Waals surface area contributed by atoms with Crippen molar-refractivity contribution in [1.29, 1.82) is 0 Å². The number of ether oxygens (including phenoxy) is 1. The van der Waals surface area contributed by atoms with Crippen molar-refractivity contribution in [2.75, 3.05) is 23.3 Å². The first-order chi connectivity index (χ1) is 17.7. The van der Waals surface area contributed by atoms with E-state index in [-0.39, 0.29) is 17.6 Å². The number of aromatic amines is 1. The lowest BCUT2D eigenvalue weighted by molar-refractivity contribution is -0.274. The second-order valence-electron chi connectivity index (χ2n) is 8.58. The molecule has 5 rings (SSSR count). The molecule has 0 bridgehead atoms. The molecule has 2 amide bonds. The molecule has 0 spiro atoms. The molecule has 12 heteroatoms. The van der Waals surface area contributed by atoms with Crippen LogP contribution in [0, 0.1) is 5.82 Å². The Labute approximate surface area is 208 Å². The lowest BCUT2D eigenvalue weighted by Crippen LogP contribution is -2.46. The number of carbonyl (C=O) groups is 1. The zero-order chi connectivity index (χ0) is 26.0. The van der Waals surface area contributed by atoms with Crippen molar-refractivity contribution in [3.8, 4) is 17.0 Å². The van der Waals surface area contributed by atoms with E-state index in [2.05, 4.69) is 35.2 Å². The van der Waals surface area contributed by atoms with Gasteiger partial charge in [0.05, 0.1) is 5.39 Å². The Hall–Kier alpha value is -4.35. The summed E-state index contributed by atoms with van der Waals surface area (Å²) in [5.74, 6) is 0.106. The summed E-state index contributed by atoms with van der Waals surface area (Å²) in [5.41, 5.74) is 2.66. The van der Waals surface area contributed by atoms with Gasteiger partial charge in [0.1, 0.15) is 29.4 Å². The number of fused-ring (bicyclic) bond motifs is 1. The van der Waals surface area contributed by atoms with E-state index in [0.29, 0.717) is 37.3 Å². The van der Waals surface area contributed by atoms with Crippen molar-refractivity contribution in [1.82, 2.24) is 20.3 Å². The van der Waals surface area contributed by atoms with E-state index in [0.717, 1.165) is 34.6 Å². The van der Waals surface area contributed by atoms with Crippen LogP contribution in [0.5, 0.6) is 5.75 Å². The van der Waals surface area contributed by atoms with Crippen LogP contribution >= 0.6 is 0 Å². The summed E-state index contributed by atoms with van der Waals surface area (Å²) in [7, 11) is 0. The first-order valence-electron chi connectivity index (χ1n) is 11.5. The molecule has 1 saturated heterocycles. The maximum atomic E-state index is 13.3. The number of nitrogens with zero attached hydrogens (tertiary/aromatic N) is 3. The van der Waals surface area contributed by atoms with Gasteiger partial charge in [0.25, 0.3) is 0 Å². The van der Waals surface area contributed by atoms with E-state index in [4.69, 9.17) is 0 Å². The normalized spacial score (nSPS) is 14.5. The number of amides is 2. The zero-order valence-corrected chi connectivity index (χ0v) is 19.3. The van der Waals surface area contributed by atoms with Crippen molar-refractivity contribution in [3.63, 3.8) is 0 Å². The number of rotatable bonds is 5. The van der Waals surface area contributed by atoms with Crippen molar-refractivity contribution in [3.05, 3.63) is 66.7 Å². The van der Waals surface area contributed by atoms with Crippen LogP contribution in [0.2, 0.25) is 0 Å². The van der Waals surface area contributed by atoms with Crippen molar-refractivity contribution >= 4 is 28.6 Å². The van der Waals surface area contributed by atoms with Crippen LogP contribution in [0.1, 0.15) is 12.8 Å². The highest BCUT2D eigenvalue weighted by molar-refractivity contribution is 5.92. The molecule has 0 atom stereocenters. The summed E-state index contributed by atoms with van der Waals surface area (Å²) in [6.07, 6.45) is -1.94. The number of hydrogen-bond acceptors (Lipinski definition) is 5. The highest BCUT2D eigenvalue weighted by Crippen LogP contribution is 2.30. The maximum Gasteiger partial charge on any atom is 0.573 e. The summed E-state index contributed by atoms with van der Waals surface area (Å²) in [6.45, 7) is 1.30. The van der Waals surface area contributed by atoms with Crippen molar-refractivity contribution in [2.45, 2.75) is 25.2 Å². The lowest BCUT2D eigenvalue weighted by Gasteiger charge is -2.33. The van der Waals surface area contributed by atoms with Crippen molar-refractivity contribution < 1.29 is 27.1 Å². The Morgan fingerprint density at radius 1 is 1.03 bits per heavy atom. The molecule has 1 aliphatic rings. The number of carbonyl (C=O) groups excluding carboxylic acids is 1. The highest BCUT2D eigenvalue weighted by Gasteiger charge is 2.31. The Balaban J connectivity index is 1.18. The summed E-state index contributed by atoms with van der Waals surface area (Å²) >= 11 is 0. The van der Waals surface area contributed by atoms with Crippen LogP contribution in [0.25, 0.3) is 22.3 Å². The molecule has 2 aromatic carbocycles. The Kier molecular flexibility index (Phi) is 6.55. The third-order valence-electron chi connectivity index (χ3n) is 6.04. The maximum absolute atomic E-state index is 13.3. The third kappa shape index (κ3) is 5.90. The second-order valence-corrected chi connectivity index (χ2v) is 8.58. The smallest absolute Gasteiger partial charge is 0.406 e. The summed E-state index contributed by atoms with van der Waals surface area (Å²) < 4.78 is 54.0. The molecule has 4 aromatic rings. The van der Waals surface area contributed by atoms with E-state index >= 15 is 0 Å². The summed E-state index contributed by atoms with van der Waals surface area (Å²) in [6, 6.07) is 12.5. The predicted molar refractivity (Wildman–Crippen MR) is 130 cm³/mol. The number of H-pyrrole nitrogens is 1. The molecule has 1 fully saturated rings. The monoisotopic (exact) mass is 514 g/mol. The Bertz CT molecular complexity index is 1380. The highest BCUT2D eigenvalue weighted by atomic mass is 19.4. The molecule has 0 radical (unpaired) electrons. The number of halogens is 4. The van der Waals surface area contributed by atoms with Gasteiger partial charge < -0.3 is 25.3 Å². The van der Waals surface area contributed by atoms with Gasteiger partial charge in [0.2, 0.25) is 0 Å². The molecule has 0 aliphatic carbocycles. The van der Waals surface area contributed by atoms with E-state index < -0.39 is 12.4 Å². The minimum absolute atomic E-state index is 0.0811. The molecule has 3 heterocycles. The second kappa shape index (κ2) is 9.96. The van der Waals surface area contributed by atoms with Crippen LogP contribution < -0.4 is 20.3 Å². The topological polar surface area (TPSA) is 95.2 Å². The molecular weight excluding hydrogens is 492 g/mol.